The summed E-state index contributed by atoms with van der Waals surface area (Å²) in [6, 6.07) is 15.2. The number of aromatic nitrogens is 3. The van der Waals surface area contributed by atoms with Gasteiger partial charge in [-0.25, -0.2) is 0 Å². The van der Waals surface area contributed by atoms with Crippen LogP contribution in [0.25, 0.3) is 11.4 Å². The van der Waals surface area contributed by atoms with Gasteiger partial charge in [0.2, 0.25) is 5.91 Å². The van der Waals surface area contributed by atoms with Crippen LogP contribution in [-0.4, -0.2) is 44.4 Å². The number of aryl methyl sites for hydroxylation is 2. The Hall–Kier alpha value is -3.28. The maximum Gasteiger partial charge on any atom is 0.219 e. The molecule has 2 heterocycles. The molecule has 2 aromatic carbocycles. The van der Waals surface area contributed by atoms with Gasteiger partial charge >= 0.3 is 0 Å². The minimum Gasteiger partial charge on any atom is -0.341 e. The van der Waals surface area contributed by atoms with E-state index in [0.717, 1.165) is 41.2 Å². The van der Waals surface area contributed by atoms with E-state index in [9.17, 15) is 9.59 Å². The van der Waals surface area contributed by atoms with Crippen LogP contribution in [0.2, 0.25) is 0 Å². The van der Waals surface area contributed by atoms with E-state index in [1.165, 1.54) is 11.1 Å². The summed E-state index contributed by atoms with van der Waals surface area (Å²) in [7, 11) is 0. The molecule has 0 N–H and O–H groups in total. The van der Waals surface area contributed by atoms with Crippen molar-refractivity contribution in [1.82, 2.24) is 19.7 Å². The number of ketones is 1. The number of hydrogen-bond acceptors (Lipinski definition) is 4. The third-order valence-corrected chi connectivity index (χ3v) is 7.84. The summed E-state index contributed by atoms with van der Waals surface area (Å²) in [5.74, 6) is 1.92. The van der Waals surface area contributed by atoms with Crippen LogP contribution in [0.1, 0.15) is 79.6 Å². The SMILES string of the molecule is CC(=O)N1C[C@H](C(=O)Cc2ccc(C)cc2C)[C@@H](c2nnc(-c3ccc(C(C)C)cc3)n2C2CC2)C1. The van der Waals surface area contributed by atoms with Gasteiger partial charge in [-0.1, -0.05) is 61.9 Å². The van der Waals surface area contributed by atoms with Gasteiger partial charge in [-0.05, 0) is 49.3 Å². The van der Waals surface area contributed by atoms with Gasteiger partial charge in [-0.2, -0.15) is 0 Å². The Labute approximate surface area is 213 Å². The molecule has 0 spiro atoms. The van der Waals surface area contributed by atoms with E-state index < -0.39 is 0 Å². The molecule has 2 aliphatic rings. The van der Waals surface area contributed by atoms with E-state index >= 15 is 0 Å². The second kappa shape index (κ2) is 9.64. The normalized spacial score (nSPS) is 19.8. The molecule has 1 saturated carbocycles. The van der Waals surface area contributed by atoms with Gasteiger partial charge in [0.1, 0.15) is 11.6 Å². The molecule has 2 fully saturated rings. The summed E-state index contributed by atoms with van der Waals surface area (Å²) in [5, 5.41) is 9.32. The molecule has 0 bridgehead atoms. The molecule has 6 nitrogen and oxygen atoms in total. The predicted octanol–water partition coefficient (Wildman–Crippen LogP) is 5.39. The zero-order valence-electron chi connectivity index (χ0n) is 22.0. The van der Waals surface area contributed by atoms with Crippen LogP contribution in [0.4, 0.5) is 0 Å². The summed E-state index contributed by atoms with van der Waals surface area (Å²) in [4.78, 5) is 27.8. The third kappa shape index (κ3) is 4.73. The number of rotatable bonds is 7. The van der Waals surface area contributed by atoms with Crippen molar-refractivity contribution in [2.45, 2.75) is 71.8 Å². The molecule has 36 heavy (non-hydrogen) atoms. The van der Waals surface area contributed by atoms with Crippen LogP contribution >= 0.6 is 0 Å². The van der Waals surface area contributed by atoms with Crippen molar-refractivity contribution in [3.05, 3.63) is 70.5 Å². The lowest BCUT2D eigenvalue weighted by atomic mass is 9.87. The van der Waals surface area contributed by atoms with E-state index in [1.54, 1.807) is 11.8 Å². The average molecular weight is 485 g/mol. The summed E-state index contributed by atoms with van der Waals surface area (Å²) >= 11 is 0. The number of benzene rings is 2. The lowest BCUT2D eigenvalue weighted by molar-refractivity contribution is -0.128. The van der Waals surface area contributed by atoms with Crippen molar-refractivity contribution in [2.24, 2.45) is 5.92 Å². The van der Waals surface area contributed by atoms with Crippen LogP contribution in [0.15, 0.2) is 42.5 Å². The number of likely N-dealkylation sites (tertiary alicyclic amines) is 1. The fourth-order valence-corrected chi connectivity index (χ4v) is 5.47. The van der Waals surface area contributed by atoms with Gasteiger partial charge < -0.3 is 9.47 Å². The summed E-state index contributed by atoms with van der Waals surface area (Å²) in [6.45, 7) is 11.0. The number of hydrogen-bond donors (Lipinski definition) is 0. The van der Waals surface area contributed by atoms with Crippen molar-refractivity contribution in [2.75, 3.05) is 13.1 Å². The Morgan fingerprint density at radius 2 is 1.72 bits per heavy atom. The number of Topliss-reactive ketones (excluding diaryl/α,β-unsaturated/α-hetero) is 1. The van der Waals surface area contributed by atoms with Gasteiger partial charge in [0, 0.05) is 49.9 Å². The molecule has 0 radical (unpaired) electrons. The molecule has 188 valence electrons. The highest BCUT2D eigenvalue weighted by Crippen LogP contribution is 2.43. The van der Waals surface area contributed by atoms with E-state index in [-0.39, 0.29) is 23.5 Å². The molecule has 1 aliphatic heterocycles. The van der Waals surface area contributed by atoms with Crippen LogP contribution in [0.3, 0.4) is 0 Å². The lowest BCUT2D eigenvalue weighted by Gasteiger charge is -2.19. The fraction of sp³-hybridized carbons (Fsp3) is 0.467. The highest BCUT2D eigenvalue weighted by atomic mass is 16.2. The molecular weight excluding hydrogens is 448 g/mol. The summed E-state index contributed by atoms with van der Waals surface area (Å²) in [5.41, 5.74) is 5.72. The third-order valence-electron chi connectivity index (χ3n) is 7.84. The van der Waals surface area contributed by atoms with Crippen LogP contribution in [-0.2, 0) is 16.0 Å². The van der Waals surface area contributed by atoms with E-state index in [1.807, 2.05) is 0 Å². The minimum atomic E-state index is -0.285. The van der Waals surface area contributed by atoms with Gasteiger partial charge in [0.25, 0.3) is 0 Å². The van der Waals surface area contributed by atoms with Crippen molar-refractivity contribution in [3.63, 3.8) is 0 Å². The monoisotopic (exact) mass is 484 g/mol. The number of nitrogens with zero attached hydrogens (tertiary/aromatic N) is 4. The summed E-state index contributed by atoms with van der Waals surface area (Å²) < 4.78 is 2.26. The van der Waals surface area contributed by atoms with Crippen molar-refractivity contribution < 1.29 is 9.59 Å². The molecule has 1 aromatic heterocycles. The Morgan fingerprint density at radius 1 is 1.00 bits per heavy atom. The lowest BCUT2D eigenvalue weighted by Crippen LogP contribution is -2.28. The highest BCUT2D eigenvalue weighted by molar-refractivity contribution is 5.86. The zero-order valence-corrected chi connectivity index (χ0v) is 22.0. The molecule has 6 heteroatoms. The fourth-order valence-electron chi connectivity index (χ4n) is 5.47. The zero-order chi connectivity index (χ0) is 25.6. The minimum absolute atomic E-state index is 0.00352. The van der Waals surface area contributed by atoms with Crippen LogP contribution in [0, 0.1) is 19.8 Å². The Balaban J connectivity index is 1.49. The van der Waals surface area contributed by atoms with Gasteiger partial charge in [-0.15, -0.1) is 10.2 Å². The van der Waals surface area contributed by atoms with Gasteiger partial charge in [-0.3, -0.25) is 9.59 Å². The molecule has 1 amide bonds. The Bertz CT molecular complexity index is 1290. The van der Waals surface area contributed by atoms with Gasteiger partial charge in [0.15, 0.2) is 5.82 Å². The molecule has 3 aromatic rings. The molecule has 1 saturated heterocycles. The predicted molar refractivity (Wildman–Crippen MR) is 141 cm³/mol. The topological polar surface area (TPSA) is 68.1 Å². The first-order chi connectivity index (χ1) is 17.2. The van der Waals surface area contributed by atoms with Crippen molar-refractivity contribution in [3.8, 4) is 11.4 Å². The first-order valence-corrected chi connectivity index (χ1v) is 13.1. The smallest absolute Gasteiger partial charge is 0.219 e. The average Bonchev–Trinajstić information content (AvgIpc) is 3.42. The van der Waals surface area contributed by atoms with Crippen LogP contribution in [0.5, 0.6) is 0 Å². The maximum absolute atomic E-state index is 13.7. The molecule has 1 aliphatic carbocycles. The van der Waals surface area contributed by atoms with Crippen molar-refractivity contribution >= 4 is 11.7 Å². The maximum atomic E-state index is 13.7. The Morgan fingerprint density at radius 3 is 2.33 bits per heavy atom. The van der Waals surface area contributed by atoms with Gasteiger partial charge in [0.05, 0.1) is 0 Å². The second-order valence-electron chi connectivity index (χ2n) is 11.0. The second-order valence-corrected chi connectivity index (χ2v) is 11.0. The standard InChI is InChI=1S/C30H36N4O2/c1-18(2)22-8-10-23(11-9-22)29-31-32-30(34(29)25-12-13-25)27-17-33(21(5)35)16-26(27)28(36)15-24-7-6-19(3)14-20(24)4/h6-11,14,18,25-27H,12-13,15-17H2,1-5H3/t26-,27-/m0/s1. The Kier molecular flexibility index (Phi) is 6.54. The van der Waals surface area contributed by atoms with E-state index in [4.69, 9.17) is 0 Å². The summed E-state index contributed by atoms with van der Waals surface area (Å²) in [6.07, 6.45) is 2.55. The van der Waals surface area contributed by atoms with Crippen LogP contribution < -0.4 is 0 Å². The van der Waals surface area contributed by atoms with E-state index in [0.29, 0.717) is 31.5 Å². The quantitative estimate of drug-likeness (QED) is 0.451. The van der Waals surface area contributed by atoms with Crippen molar-refractivity contribution in [1.29, 1.82) is 0 Å². The first kappa shape index (κ1) is 24.4. The number of carbonyl (C=O) groups is 2. The van der Waals surface area contributed by atoms with E-state index in [2.05, 4.69) is 84.9 Å². The molecular formula is C30H36N4O2. The highest BCUT2D eigenvalue weighted by Gasteiger charge is 2.44. The molecule has 0 unspecified atom stereocenters. The largest absolute Gasteiger partial charge is 0.341 e. The molecule has 5 rings (SSSR count). The number of carbonyl (C=O) groups excluding carboxylic acids is 2. The first-order valence-electron chi connectivity index (χ1n) is 13.1. The molecule has 2 atom stereocenters. The number of amides is 1.